The van der Waals surface area contributed by atoms with Crippen LogP contribution >= 0.6 is 0 Å². The summed E-state index contributed by atoms with van der Waals surface area (Å²) in [6.45, 7) is 6.77. The van der Waals surface area contributed by atoms with Gasteiger partial charge in [-0.3, -0.25) is 0 Å². The van der Waals surface area contributed by atoms with E-state index in [4.69, 9.17) is 0 Å². The lowest BCUT2D eigenvalue weighted by atomic mass is 10.1. The van der Waals surface area contributed by atoms with Gasteiger partial charge in [0.25, 0.3) is 0 Å². The molecule has 0 amide bonds. The summed E-state index contributed by atoms with van der Waals surface area (Å²) in [7, 11) is -3.11. The summed E-state index contributed by atoms with van der Waals surface area (Å²) in [5.74, 6) is 0. The Kier molecular flexibility index (Phi) is 7.19. The van der Waals surface area contributed by atoms with Crippen LogP contribution in [-0.4, -0.2) is 44.2 Å². The van der Waals surface area contributed by atoms with Crippen LogP contribution in [0.2, 0.25) is 0 Å². The van der Waals surface area contributed by atoms with Crippen LogP contribution in [0.5, 0.6) is 0 Å². The first kappa shape index (κ1) is 15.9. The SMILES string of the molecule is CCCNCC(C)S(=O)(=O)N1CCCCCCC1. The monoisotopic (exact) mass is 276 g/mol. The molecule has 1 N–H and O–H groups in total. The number of nitrogens with one attached hydrogen (secondary N) is 1. The second-order valence-electron chi connectivity index (χ2n) is 5.23. The minimum atomic E-state index is -3.11. The maximum atomic E-state index is 12.4. The molecule has 1 atom stereocenters. The molecule has 0 radical (unpaired) electrons. The molecule has 1 heterocycles. The normalized spacial score (nSPS) is 21.2. The lowest BCUT2D eigenvalue weighted by Crippen LogP contribution is -2.43. The van der Waals surface area contributed by atoms with Crippen molar-refractivity contribution in [3.05, 3.63) is 0 Å². The Labute approximate surface area is 112 Å². The van der Waals surface area contributed by atoms with Gasteiger partial charge in [0.15, 0.2) is 0 Å². The molecule has 0 saturated carbocycles. The van der Waals surface area contributed by atoms with Gasteiger partial charge in [0.2, 0.25) is 10.0 Å². The summed E-state index contributed by atoms with van der Waals surface area (Å²) < 4.78 is 26.6. The fraction of sp³-hybridized carbons (Fsp3) is 1.00. The van der Waals surface area contributed by atoms with Crippen LogP contribution in [0, 0.1) is 0 Å². The van der Waals surface area contributed by atoms with E-state index in [1.807, 2.05) is 6.92 Å². The largest absolute Gasteiger partial charge is 0.315 e. The molecule has 108 valence electrons. The van der Waals surface area contributed by atoms with Crippen molar-refractivity contribution in [3.63, 3.8) is 0 Å². The molecule has 0 bridgehead atoms. The van der Waals surface area contributed by atoms with Crippen molar-refractivity contribution >= 4 is 10.0 Å². The third-order valence-electron chi connectivity index (χ3n) is 3.54. The van der Waals surface area contributed by atoms with Gasteiger partial charge in [-0.15, -0.1) is 0 Å². The Morgan fingerprint density at radius 1 is 1.11 bits per heavy atom. The highest BCUT2D eigenvalue weighted by atomic mass is 32.2. The molecule has 1 fully saturated rings. The van der Waals surface area contributed by atoms with E-state index in [1.165, 1.54) is 6.42 Å². The van der Waals surface area contributed by atoms with Gasteiger partial charge in [0, 0.05) is 19.6 Å². The molecule has 0 aromatic rings. The Morgan fingerprint density at radius 3 is 2.22 bits per heavy atom. The molecule has 0 aromatic carbocycles. The van der Waals surface area contributed by atoms with Crippen molar-refractivity contribution < 1.29 is 8.42 Å². The average molecular weight is 276 g/mol. The summed E-state index contributed by atoms with van der Waals surface area (Å²) in [5.41, 5.74) is 0. The highest BCUT2D eigenvalue weighted by Gasteiger charge is 2.28. The molecule has 0 spiro atoms. The fourth-order valence-electron chi connectivity index (χ4n) is 2.31. The zero-order chi connectivity index (χ0) is 13.4. The predicted molar refractivity (Wildman–Crippen MR) is 76.2 cm³/mol. The van der Waals surface area contributed by atoms with E-state index in [2.05, 4.69) is 12.2 Å². The second kappa shape index (κ2) is 8.12. The predicted octanol–water partition coefficient (Wildman–Crippen LogP) is 1.97. The van der Waals surface area contributed by atoms with Gasteiger partial charge in [0.05, 0.1) is 5.25 Å². The van der Waals surface area contributed by atoms with E-state index in [0.717, 1.165) is 38.6 Å². The number of sulfonamides is 1. The van der Waals surface area contributed by atoms with E-state index in [0.29, 0.717) is 19.6 Å². The van der Waals surface area contributed by atoms with Gasteiger partial charge < -0.3 is 5.32 Å². The molecular formula is C13H28N2O2S. The Bertz CT molecular complexity index is 309. The van der Waals surface area contributed by atoms with Crippen LogP contribution in [0.15, 0.2) is 0 Å². The molecule has 1 aliphatic rings. The van der Waals surface area contributed by atoms with Gasteiger partial charge in [-0.1, -0.05) is 26.2 Å². The van der Waals surface area contributed by atoms with Crippen molar-refractivity contribution in [2.45, 2.75) is 57.6 Å². The van der Waals surface area contributed by atoms with E-state index in [-0.39, 0.29) is 5.25 Å². The molecule has 1 unspecified atom stereocenters. The summed E-state index contributed by atoms with van der Waals surface area (Å²) in [6.07, 6.45) is 6.63. The second-order valence-corrected chi connectivity index (χ2v) is 7.58. The molecule has 4 nitrogen and oxygen atoms in total. The molecule has 0 aromatic heterocycles. The lowest BCUT2D eigenvalue weighted by molar-refractivity contribution is 0.359. The van der Waals surface area contributed by atoms with Crippen molar-refractivity contribution in [1.29, 1.82) is 0 Å². The van der Waals surface area contributed by atoms with E-state index >= 15 is 0 Å². The molecule has 1 aliphatic heterocycles. The standard InChI is InChI=1S/C13H28N2O2S/c1-3-9-14-12-13(2)18(16,17)15-10-7-5-4-6-8-11-15/h13-14H,3-12H2,1-2H3. The van der Waals surface area contributed by atoms with Crippen LogP contribution in [0.25, 0.3) is 0 Å². The fourth-order valence-corrected chi connectivity index (χ4v) is 3.92. The summed E-state index contributed by atoms with van der Waals surface area (Å²) in [6, 6.07) is 0. The van der Waals surface area contributed by atoms with Crippen molar-refractivity contribution in [2.75, 3.05) is 26.2 Å². The number of rotatable bonds is 6. The molecular weight excluding hydrogens is 248 g/mol. The van der Waals surface area contributed by atoms with Crippen LogP contribution in [0.4, 0.5) is 0 Å². The van der Waals surface area contributed by atoms with E-state index in [9.17, 15) is 8.42 Å². The summed E-state index contributed by atoms with van der Waals surface area (Å²) in [5, 5.41) is 2.89. The minimum absolute atomic E-state index is 0.316. The molecule has 1 rings (SSSR count). The Balaban J connectivity index is 2.53. The van der Waals surface area contributed by atoms with Crippen LogP contribution in [-0.2, 0) is 10.0 Å². The smallest absolute Gasteiger partial charge is 0.217 e. The van der Waals surface area contributed by atoms with Crippen molar-refractivity contribution in [3.8, 4) is 0 Å². The maximum absolute atomic E-state index is 12.4. The highest BCUT2D eigenvalue weighted by Crippen LogP contribution is 2.16. The molecule has 18 heavy (non-hydrogen) atoms. The van der Waals surface area contributed by atoms with Crippen LogP contribution in [0.1, 0.15) is 52.4 Å². The van der Waals surface area contributed by atoms with E-state index < -0.39 is 10.0 Å². The minimum Gasteiger partial charge on any atom is -0.315 e. The van der Waals surface area contributed by atoms with Crippen LogP contribution < -0.4 is 5.32 Å². The van der Waals surface area contributed by atoms with Gasteiger partial charge in [-0.25, -0.2) is 12.7 Å². The molecule has 1 saturated heterocycles. The summed E-state index contributed by atoms with van der Waals surface area (Å²) >= 11 is 0. The Morgan fingerprint density at radius 2 is 1.67 bits per heavy atom. The quantitative estimate of drug-likeness (QED) is 0.755. The van der Waals surface area contributed by atoms with Gasteiger partial charge in [-0.05, 0) is 32.7 Å². The zero-order valence-electron chi connectivity index (χ0n) is 11.8. The lowest BCUT2D eigenvalue weighted by Gasteiger charge is -2.27. The van der Waals surface area contributed by atoms with Crippen molar-refractivity contribution in [1.82, 2.24) is 9.62 Å². The number of nitrogens with zero attached hydrogens (tertiary/aromatic N) is 1. The molecule has 0 aliphatic carbocycles. The van der Waals surface area contributed by atoms with Gasteiger partial charge in [-0.2, -0.15) is 0 Å². The first-order valence-electron chi connectivity index (χ1n) is 7.28. The number of hydrogen-bond donors (Lipinski definition) is 1. The van der Waals surface area contributed by atoms with E-state index in [1.54, 1.807) is 4.31 Å². The zero-order valence-corrected chi connectivity index (χ0v) is 12.6. The average Bonchev–Trinajstić information content (AvgIpc) is 2.28. The first-order valence-corrected chi connectivity index (χ1v) is 8.79. The first-order chi connectivity index (χ1) is 8.59. The van der Waals surface area contributed by atoms with Gasteiger partial charge in [0.1, 0.15) is 0 Å². The Hall–Kier alpha value is -0.130. The topological polar surface area (TPSA) is 49.4 Å². The summed E-state index contributed by atoms with van der Waals surface area (Å²) in [4.78, 5) is 0. The third-order valence-corrected chi connectivity index (χ3v) is 5.81. The van der Waals surface area contributed by atoms with Crippen LogP contribution in [0.3, 0.4) is 0 Å². The highest BCUT2D eigenvalue weighted by molar-refractivity contribution is 7.89. The third kappa shape index (κ3) is 4.86. The van der Waals surface area contributed by atoms with Crippen molar-refractivity contribution in [2.24, 2.45) is 0 Å². The molecule has 5 heteroatoms. The van der Waals surface area contributed by atoms with Gasteiger partial charge >= 0.3 is 0 Å². The maximum Gasteiger partial charge on any atom is 0.217 e. The number of hydrogen-bond acceptors (Lipinski definition) is 3.